The van der Waals surface area contributed by atoms with Gasteiger partial charge in [-0.15, -0.1) is 0 Å². The van der Waals surface area contributed by atoms with Crippen molar-refractivity contribution in [3.8, 4) is 0 Å². The van der Waals surface area contributed by atoms with E-state index in [1.165, 1.54) is 0 Å². The summed E-state index contributed by atoms with van der Waals surface area (Å²) in [6.07, 6.45) is 0. The number of hydrogen-bond donors (Lipinski definition) is 0. The SMILES string of the molecule is C[Si](C)(F)C(F)(F)C(F)(F)CF. The molecule has 0 radical (unpaired) electrons. The molecule has 0 aromatic heterocycles. The smallest absolute Gasteiger partial charge is 0.307 e. The lowest BCUT2D eigenvalue weighted by atomic mass is 10.4. The highest BCUT2D eigenvalue weighted by Crippen LogP contribution is 2.42. The van der Waals surface area contributed by atoms with Gasteiger partial charge in [-0.2, -0.15) is 8.78 Å². The van der Waals surface area contributed by atoms with Gasteiger partial charge in [0.1, 0.15) is 0 Å². The molecule has 0 saturated carbocycles. The van der Waals surface area contributed by atoms with E-state index in [2.05, 4.69) is 0 Å². The summed E-state index contributed by atoms with van der Waals surface area (Å²) >= 11 is 0. The Morgan fingerprint density at radius 1 is 1.08 bits per heavy atom. The normalized spacial score (nSPS) is 15.0. The average Bonchev–Trinajstić information content (AvgIpc) is 1.85. The Kier molecular flexibility index (Phi) is 2.88. The molecule has 74 valence electrons. The molecular formula is C5H8F6Si. The maximum atomic E-state index is 12.6. The van der Waals surface area contributed by atoms with E-state index in [4.69, 9.17) is 0 Å². The first-order chi connectivity index (χ1) is 5.06. The summed E-state index contributed by atoms with van der Waals surface area (Å²) in [5, 5.41) is 0. The summed E-state index contributed by atoms with van der Waals surface area (Å²) in [5.41, 5.74) is -4.85. The summed E-state index contributed by atoms with van der Waals surface area (Å²) < 4.78 is 73.0. The van der Waals surface area contributed by atoms with Crippen LogP contribution in [0.15, 0.2) is 0 Å². The molecular weight excluding hydrogens is 202 g/mol. The zero-order valence-corrected chi connectivity index (χ0v) is 7.47. The van der Waals surface area contributed by atoms with E-state index in [-0.39, 0.29) is 0 Å². The molecule has 0 unspecified atom stereocenters. The Labute approximate surface area is 66.7 Å². The first kappa shape index (κ1) is 11.8. The lowest BCUT2D eigenvalue weighted by molar-refractivity contribution is -0.176. The highest BCUT2D eigenvalue weighted by Gasteiger charge is 2.67. The minimum Gasteiger partial charge on any atom is -0.307 e. The van der Waals surface area contributed by atoms with Crippen LogP contribution in [-0.4, -0.2) is 26.6 Å². The second-order valence-corrected chi connectivity index (χ2v) is 6.46. The Hall–Kier alpha value is -0.203. The Bertz CT molecular complexity index is 160. The molecule has 0 heterocycles. The highest BCUT2D eigenvalue weighted by atomic mass is 28.4. The van der Waals surface area contributed by atoms with E-state index in [1.54, 1.807) is 0 Å². The van der Waals surface area contributed by atoms with Crippen molar-refractivity contribution < 1.29 is 26.1 Å². The standard InChI is InChI=1S/C5H8F6Si/c1-12(2,11)5(9,10)4(7,8)3-6/h3H2,1-2H3. The average molecular weight is 210 g/mol. The number of halogens is 6. The third-order valence-corrected chi connectivity index (χ3v) is 3.23. The van der Waals surface area contributed by atoms with Crippen LogP contribution in [0.5, 0.6) is 0 Å². The maximum absolute atomic E-state index is 12.6. The van der Waals surface area contributed by atoms with Crippen LogP contribution in [0.1, 0.15) is 0 Å². The second kappa shape index (κ2) is 2.93. The maximum Gasteiger partial charge on any atom is 0.337 e. The van der Waals surface area contributed by atoms with Crippen molar-refractivity contribution in [3.63, 3.8) is 0 Å². The molecule has 0 fully saturated rings. The fourth-order valence-electron chi connectivity index (χ4n) is 0.519. The Balaban J connectivity index is 4.85. The van der Waals surface area contributed by atoms with E-state index < -0.39 is 26.6 Å². The molecule has 7 heteroatoms. The second-order valence-electron chi connectivity index (χ2n) is 2.88. The molecule has 12 heavy (non-hydrogen) atoms. The molecule has 0 saturated heterocycles. The molecule has 0 N–H and O–H groups in total. The van der Waals surface area contributed by atoms with E-state index in [0.717, 1.165) is 0 Å². The van der Waals surface area contributed by atoms with Gasteiger partial charge in [-0.05, 0) is 13.1 Å². The molecule has 0 rings (SSSR count). The molecule has 0 aromatic rings. The number of hydrogen-bond acceptors (Lipinski definition) is 0. The molecule has 0 aliphatic carbocycles. The fourth-order valence-corrected chi connectivity index (χ4v) is 1.46. The van der Waals surface area contributed by atoms with Crippen LogP contribution >= 0.6 is 0 Å². The molecule has 0 spiro atoms. The van der Waals surface area contributed by atoms with Crippen LogP contribution in [0.4, 0.5) is 26.1 Å². The zero-order valence-electron chi connectivity index (χ0n) is 6.47. The number of alkyl halides is 5. The largest absolute Gasteiger partial charge is 0.337 e. The van der Waals surface area contributed by atoms with E-state index in [0.29, 0.717) is 13.1 Å². The predicted molar refractivity (Wildman–Crippen MR) is 34.5 cm³/mol. The highest BCUT2D eigenvalue weighted by molar-refractivity contribution is 6.73. The quantitative estimate of drug-likeness (QED) is 0.381. The van der Waals surface area contributed by atoms with Crippen LogP contribution in [0, 0.1) is 0 Å². The Morgan fingerprint density at radius 2 is 1.42 bits per heavy atom. The fraction of sp³-hybridized carbons (Fsp3) is 1.00. The van der Waals surface area contributed by atoms with Crippen molar-refractivity contribution in [2.75, 3.05) is 6.67 Å². The van der Waals surface area contributed by atoms with Gasteiger partial charge in [0, 0.05) is 0 Å². The Morgan fingerprint density at radius 3 is 1.50 bits per heavy atom. The van der Waals surface area contributed by atoms with Gasteiger partial charge in [-0.3, -0.25) is 0 Å². The zero-order chi connectivity index (χ0) is 10.2. The van der Waals surface area contributed by atoms with Gasteiger partial charge < -0.3 is 4.11 Å². The summed E-state index contributed by atoms with van der Waals surface area (Å²) in [6, 6.07) is 0. The van der Waals surface area contributed by atoms with E-state index >= 15 is 0 Å². The van der Waals surface area contributed by atoms with E-state index in [9.17, 15) is 26.1 Å². The summed E-state index contributed by atoms with van der Waals surface area (Å²) in [7, 11) is -4.86. The molecule has 0 bridgehead atoms. The summed E-state index contributed by atoms with van der Waals surface area (Å²) in [4.78, 5) is 0. The van der Waals surface area contributed by atoms with Crippen LogP contribution in [0.25, 0.3) is 0 Å². The van der Waals surface area contributed by atoms with E-state index in [1.807, 2.05) is 0 Å². The van der Waals surface area contributed by atoms with Crippen LogP contribution in [0.2, 0.25) is 13.1 Å². The van der Waals surface area contributed by atoms with Gasteiger partial charge in [-0.25, -0.2) is 13.2 Å². The molecule has 0 atom stereocenters. The molecule has 0 amide bonds. The summed E-state index contributed by atoms with van der Waals surface area (Å²) in [5.74, 6) is -4.89. The van der Waals surface area contributed by atoms with Gasteiger partial charge in [0.05, 0.1) is 0 Å². The molecule has 0 aromatic carbocycles. The number of rotatable bonds is 3. The lowest BCUT2D eigenvalue weighted by Gasteiger charge is -2.29. The monoisotopic (exact) mass is 210 g/mol. The van der Waals surface area contributed by atoms with Crippen molar-refractivity contribution >= 4 is 8.41 Å². The van der Waals surface area contributed by atoms with Gasteiger partial charge in [0.25, 0.3) is 0 Å². The van der Waals surface area contributed by atoms with Gasteiger partial charge in [0.2, 0.25) is 0 Å². The lowest BCUT2D eigenvalue weighted by Crippen LogP contribution is -2.57. The molecule has 0 aliphatic heterocycles. The van der Waals surface area contributed by atoms with Gasteiger partial charge in [-0.1, -0.05) is 0 Å². The van der Waals surface area contributed by atoms with Crippen molar-refractivity contribution in [2.45, 2.75) is 24.6 Å². The minimum absolute atomic E-state index is 0.413. The van der Waals surface area contributed by atoms with Gasteiger partial charge >= 0.3 is 19.9 Å². The third kappa shape index (κ3) is 1.75. The van der Waals surface area contributed by atoms with Crippen LogP contribution in [0.3, 0.4) is 0 Å². The third-order valence-electron chi connectivity index (χ3n) is 1.37. The van der Waals surface area contributed by atoms with Crippen LogP contribution < -0.4 is 0 Å². The molecule has 0 nitrogen and oxygen atoms in total. The first-order valence-electron chi connectivity index (χ1n) is 3.07. The minimum atomic E-state index is -4.89. The van der Waals surface area contributed by atoms with Gasteiger partial charge in [0.15, 0.2) is 6.67 Å². The van der Waals surface area contributed by atoms with Crippen molar-refractivity contribution in [2.24, 2.45) is 0 Å². The first-order valence-corrected chi connectivity index (χ1v) is 5.94. The summed E-state index contributed by atoms with van der Waals surface area (Å²) in [6.45, 7) is -1.71. The molecule has 0 aliphatic rings. The van der Waals surface area contributed by atoms with Crippen LogP contribution in [-0.2, 0) is 0 Å². The predicted octanol–water partition coefficient (Wildman–Crippen LogP) is 2.94. The topological polar surface area (TPSA) is 0 Å². The van der Waals surface area contributed by atoms with Crippen molar-refractivity contribution in [1.82, 2.24) is 0 Å². The van der Waals surface area contributed by atoms with Crippen molar-refractivity contribution in [3.05, 3.63) is 0 Å². The van der Waals surface area contributed by atoms with Crippen molar-refractivity contribution in [1.29, 1.82) is 0 Å².